The van der Waals surface area contributed by atoms with E-state index in [1.54, 1.807) is 0 Å². The Hall–Kier alpha value is -0.950. The van der Waals surface area contributed by atoms with E-state index in [1.807, 2.05) is 29.1 Å². The predicted molar refractivity (Wildman–Crippen MR) is 56.8 cm³/mol. The van der Waals surface area contributed by atoms with E-state index in [9.17, 15) is 8.42 Å². The largest absolute Gasteiger partial charge is 0.292 e. The predicted octanol–water partition coefficient (Wildman–Crippen LogP) is -0.247. The first kappa shape index (κ1) is 10.6. The molecule has 82 valence electrons. The summed E-state index contributed by atoms with van der Waals surface area (Å²) in [6, 6.07) is 7.83. The zero-order valence-electron chi connectivity index (χ0n) is 8.18. The highest BCUT2D eigenvalue weighted by Gasteiger charge is 2.24. The molecule has 0 unspecified atom stereocenters. The number of rotatable bonds is 2. The molecular weight excluding hydrogens is 214 g/mol. The Balaban J connectivity index is 2.27. The summed E-state index contributed by atoms with van der Waals surface area (Å²) in [4.78, 5) is 1.84. The van der Waals surface area contributed by atoms with Crippen molar-refractivity contribution in [1.29, 1.82) is 0 Å². The van der Waals surface area contributed by atoms with Crippen LogP contribution in [-0.4, -0.2) is 19.3 Å². The van der Waals surface area contributed by atoms with Crippen molar-refractivity contribution in [1.82, 2.24) is 9.14 Å². The van der Waals surface area contributed by atoms with E-state index in [0.717, 1.165) is 12.0 Å². The van der Waals surface area contributed by atoms with Crippen molar-refractivity contribution in [3.63, 3.8) is 0 Å². The van der Waals surface area contributed by atoms with E-state index in [1.165, 1.54) is 9.87 Å². The van der Waals surface area contributed by atoms with Gasteiger partial charge in [-0.2, -0.15) is 12.7 Å². The smallest absolute Gasteiger partial charge is 0.257 e. The van der Waals surface area contributed by atoms with Crippen LogP contribution in [0.4, 0.5) is 0 Å². The topological polar surface area (TPSA) is 75.4 Å². The van der Waals surface area contributed by atoms with Crippen LogP contribution < -0.4 is 10.7 Å². The summed E-state index contributed by atoms with van der Waals surface area (Å²) in [5.74, 6) is 4.98. The molecule has 0 spiro atoms. The van der Waals surface area contributed by atoms with Crippen molar-refractivity contribution in [3.8, 4) is 0 Å². The first-order chi connectivity index (χ1) is 7.13. The van der Waals surface area contributed by atoms with Gasteiger partial charge in [0, 0.05) is 13.1 Å². The molecule has 1 heterocycles. The highest BCUT2D eigenvalue weighted by atomic mass is 32.2. The van der Waals surface area contributed by atoms with Crippen LogP contribution in [0.15, 0.2) is 24.3 Å². The standard InChI is InChI=1S/C9H13N3O2S/c10-11-15(13,14)12-6-5-8-3-1-2-4-9(8)7-12/h1-4,11H,5-7,10H2. The molecule has 5 nitrogen and oxygen atoms in total. The van der Waals surface area contributed by atoms with Crippen molar-refractivity contribution in [3.05, 3.63) is 35.4 Å². The second kappa shape index (κ2) is 3.90. The molecule has 1 aliphatic heterocycles. The maximum Gasteiger partial charge on any atom is 0.292 e. The van der Waals surface area contributed by atoms with Gasteiger partial charge >= 0.3 is 0 Å². The van der Waals surface area contributed by atoms with E-state index >= 15 is 0 Å². The van der Waals surface area contributed by atoms with Gasteiger partial charge in [0.05, 0.1) is 0 Å². The minimum atomic E-state index is -3.50. The number of nitrogens with zero attached hydrogens (tertiary/aromatic N) is 1. The number of hydrogen-bond acceptors (Lipinski definition) is 3. The summed E-state index contributed by atoms with van der Waals surface area (Å²) in [7, 11) is -3.50. The molecule has 15 heavy (non-hydrogen) atoms. The summed E-state index contributed by atoms with van der Waals surface area (Å²) >= 11 is 0. The van der Waals surface area contributed by atoms with Crippen LogP contribution in [0.5, 0.6) is 0 Å². The lowest BCUT2D eigenvalue weighted by Gasteiger charge is -2.27. The lowest BCUT2D eigenvalue weighted by molar-refractivity contribution is 0.384. The van der Waals surface area contributed by atoms with Crippen LogP contribution in [0.25, 0.3) is 0 Å². The Labute approximate surface area is 89.0 Å². The molecular formula is C9H13N3O2S. The van der Waals surface area contributed by atoms with Crippen molar-refractivity contribution in [2.45, 2.75) is 13.0 Å². The van der Waals surface area contributed by atoms with E-state index in [2.05, 4.69) is 0 Å². The fourth-order valence-corrected chi connectivity index (χ4v) is 2.54. The molecule has 1 aliphatic rings. The number of nitrogens with two attached hydrogens (primary N) is 1. The molecule has 0 atom stereocenters. The fourth-order valence-electron chi connectivity index (χ4n) is 1.75. The summed E-state index contributed by atoms with van der Waals surface area (Å²) in [5, 5.41) is 0. The Morgan fingerprint density at radius 1 is 1.27 bits per heavy atom. The van der Waals surface area contributed by atoms with Gasteiger partial charge in [-0.3, -0.25) is 5.84 Å². The second-order valence-corrected chi connectivity index (χ2v) is 5.18. The highest BCUT2D eigenvalue weighted by Crippen LogP contribution is 2.19. The molecule has 0 fully saturated rings. The molecule has 0 saturated heterocycles. The van der Waals surface area contributed by atoms with Crippen LogP contribution in [0, 0.1) is 0 Å². The van der Waals surface area contributed by atoms with Gasteiger partial charge < -0.3 is 0 Å². The van der Waals surface area contributed by atoms with Gasteiger partial charge in [0.1, 0.15) is 0 Å². The average Bonchev–Trinajstić information content (AvgIpc) is 2.28. The summed E-state index contributed by atoms with van der Waals surface area (Å²) in [6.45, 7) is 0.867. The number of hydrazine groups is 1. The lowest BCUT2D eigenvalue weighted by atomic mass is 10.0. The minimum absolute atomic E-state index is 0.392. The third-order valence-electron chi connectivity index (χ3n) is 2.58. The molecule has 1 aromatic carbocycles. The van der Waals surface area contributed by atoms with E-state index in [-0.39, 0.29) is 0 Å². The SMILES string of the molecule is NNS(=O)(=O)N1CCc2ccccc2C1. The third kappa shape index (κ3) is 2.03. The van der Waals surface area contributed by atoms with E-state index in [0.29, 0.717) is 13.1 Å². The van der Waals surface area contributed by atoms with Crippen LogP contribution in [0.1, 0.15) is 11.1 Å². The lowest BCUT2D eigenvalue weighted by Crippen LogP contribution is -2.46. The highest BCUT2D eigenvalue weighted by molar-refractivity contribution is 7.87. The maximum absolute atomic E-state index is 11.5. The zero-order valence-corrected chi connectivity index (χ0v) is 9.00. The van der Waals surface area contributed by atoms with Crippen LogP contribution in [-0.2, 0) is 23.2 Å². The van der Waals surface area contributed by atoms with Gasteiger partial charge in [-0.25, -0.2) is 0 Å². The molecule has 0 aliphatic carbocycles. The Bertz CT molecular complexity index is 458. The summed E-state index contributed by atoms with van der Waals surface area (Å²) in [6.07, 6.45) is 0.733. The van der Waals surface area contributed by atoms with Gasteiger partial charge in [0.2, 0.25) is 0 Å². The quantitative estimate of drug-likeness (QED) is 0.540. The summed E-state index contributed by atoms with van der Waals surface area (Å²) < 4.78 is 24.3. The number of fused-ring (bicyclic) bond motifs is 1. The number of benzene rings is 1. The van der Waals surface area contributed by atoms with Gasteiger partial charge in [-0.05, 0) is 17.5 Å². The first-order valence-corrected chi connectivity index (χ1v) is 6.12. The molecule has 2 rings (SSSR count). The summed E-state index contributed by atoms with van der Waals surface area (Å²) in [5.41, 5.74) is 2.25. The van der Waals surface area contributed by atoms with Gasteiger partial charge in [0.25, 0.3) is 10.2 Å². The second-order valence-electron chi connectivity index (χ2n) is 3.48. The van der Waals surface area contributed by atoms with Crippen molar-refractivity contribution in [2.24, 2.45) is 5.84 Å². The minimum Gasteiger partial charge on any atom is -0.257 e. The normalized spacial score (nSPS) is 17.4. The molecule has 0 saturated carbocycles. The molecule has 6 heteroatoms. The molecule has 0 amide bonds. The molecule has 0 aromatic heterocycles. The van der Waals surface area contributed by atoms with Gasteiger partial charge in [0.15, 0.2) is 0 Å². The van der Waals surface area contributed by atoms with Crippen LogP contribution >= 0.6 is 0 Å². The van der Waals surface area contributed by atoms with E-state index in [4.69, 9.17) is 5.84 Å². The van der Waals surface area contributed by atoms with Crippen molar-refractivity contribution >= 4 is 10.2 Å². The van der Waals surface area contributed by atoms with Gasteiger partial charge in [-0.15, -0.1) is 4.83 Å². The molecule has 0 bridgehead atoms. The van der Waals surface area contributed by atoms with Gasteiger partial charge in [-0.1, -0.05) is 24.3 Å². The first-order valence-electron chi connectivity index (χ1n) is 4.68. The number of nitrogens with one attached hydrogen (secondary N) is 1. The maximum atomic E-state index is 11.5. The number of hydrogen-bond donors (Lipinski definition) is 2. The van der Waals surface area contributed by atoms with Crippen LogP contribution in [0.3, 0.4) is 0 Å². The van der Waals surface area contributed by atoms with Crippen molar-refractivity contribution < 1.29 is 8.42 Å². The fraction of sp³-hybridized carbons (Fsp3) is 0.333. The molecule has 1 aromatic rings. The third-order valence-corrected chi connectivity index (χ3v) is 3.87. The zero-order chi connectivity index (χ0) is 10.9. The Morgan fingerprint density at radius 2 is 1.93 bits per heavy atom. The average molecular weight is 227 g/mol. The Kier molecular flexibility index (Phi) is 2.74. The van der Waals surface area contributed by atoms with Crippen LogP contribution in [0.2, 0.25) is 0 Å². The van der Waals surface area contributed by atoms with Crippen molar-refractivity contribution in [2.75, 3.05) is 6.54 Å². The molecule has 3 N–H and O–H groups in total. The molecule has 0 radical (unpaired) electrons. The Morgan fingerprint density at radius 3 is 2.60 bits per heavy atom. The van der Waals surface area contributed by atoms with E-state index < -0.39 is 10.2 Å². The monoisotopic (exact) mass is 227 g/mol.